The minimum atomic E-state index is 0.770. The molecule has 0 aliphatic carbocycles. The topological polar surface area (TPSA) is 39.8 Å². The van der Waals surface area contributed by atoms with Gasteiger partial charge in [-0.1, -0.05) is 11.6 Å². The number of aromatic nitrogens is 1. The van der Waals surface area contributed by atoms with Crippen molar-refractivity contribution in [2.75, 3.05) is 20.1 Å². The van der Waals surface area contributed by atoms with Gasteiger partial charge in [-0.15, -0.1) is 0 Å². The fourth-order valence-electron chi connectivity index (χ4n) is 1.13. The number of halogens is 1. The number of rotatable bonds is 6. The lowest BCUT2D eigenvalue weighted by Gasteiger charge is -2.02. The molecule has 0 aliphatic rings. The molecule has 0 saturated heterocycles. The average molecular weight is 202 g/mol. The van der Waals surface area contributed by atoms with Crippen molar-refractivity contribution in [2.45, 2.75) is 13.0 Å². The zero-order valence-corrected chi connectivity index (χ0v) is 8.62. The Labute approximate surface area is 83.9 Å². The normalized spacial score (nSPS) is 10.6. The van der Waals surface area contributed by atoms with Gasteiger partial charge in [0.05, 0.1) is 5.02 Å². The van der Waals surface area contributed by atoms with Crippen LogP contribution in [0.3, 0.4) is 0 Å². The summed E-state index contributed by atoms with van der Waals surface area (Å²) in [5.41, 5.74) is 1.13. The summed E-state index contributed by atoms with van der Waals surface area (Å²) in [6, 6.07) is 1.94. The van der Waals surface area contributed by atoms with E-state index >= 15 is 0 Å². The van der Waals surface area contributed by atoms with Gasteiger partial charge in [0.2, 0.25) is 0 Å². The van der Waals surface area contributed by atoms with Gasteiger partial charge in [-0.2, -0.15) is 0 Å². The second-order valence-electron chi connectivity index (χ2n) is 2.98. The highest BCUT2D eigenvalue weighted by molar-refractivity contribution is 6.30. The Kier molecular flexibility index (Phi) is 4.90. The van der Waals surface area contributed by atoms with Crippen molar-refractivity contribution in [1.29, 1.82) is 0 Å². The van der Waals surface area contributed by atoms with Crippen LogP contribution in [0.5, 0.6) is 0 Å². The van der Waals surface area contributed by atoms with Crippen LogP contribution in [-0.2, 0) is 6.54 Å². The Morgan fingerprint density at radius 2 is 2.31 bits per heavy atom. The van der Waals surface area contributed by atoms with Crippen LogP contribution in [0.1, 0.15) is 12.1 Å². The summed E-state index contributed by atoms with van der Waals surface area (Å²) in [4.78, 5) is 3.09. The maximum absolute atomic E-state index is 5.75. The third kappa shape index (κ3) is 4.31. The van der Waals surface area contributed by atoms with Gasteiger partial charge in [0.15, 0.2) is 0 Å². The molecular formula is C9H16ClN3. The van der Waals surface area contributed by atoms with E-state index in [2.05, 4.69) is 15.6 Å². The summed E-state index contributed by atoms with van der Waals surface area (Å²) >= 11 is 5.75. The molecule has 74 valence electrons. The van der Waals surface area contributed by atoms with E-state index in [1.807, 2.05) is 13.1 Å². The van der Waals surface area contributed by atoms with E-state index in [9.17, 15) is 0 Å². The fraction of sp³-hybridized carbons (Fsp3) is 0.556. The van der Waals surface area contributed by atoms with Crippen LogP contribution in [0, 0.1) is 0 Å². The van der Waals surface area contributed by atoms with Crippen LogP contribution in [-0.4, -0.2) is 25.1 Å². The molecule has 13 heavy (non-hydrogen) atoms. The van der Waals surface area contributed by atoms with E-state index in [0.29, 0.717) is 0 Å². The zero-order valence-electron chi connectivity index (χ0n) is 7.86. The summed E-state index contributed by atoms with van der Waals surface area (Å²) in [6.45, 7) is 2.94. The van der Waals surface area contributed by atoms with Gasteiger partial charge in [0.25, 0.3) is 0 Å². The number of nitrogens with one attached hydrogen (secondary N) is 3. The lowest BCUT2D eigenvalue weighted by atomic mass is 10.4. The highest BCUT2D eigenvalue weighted by atomic mass is 35.5. The Hall–Kier alpha value is -0.510. The van der Waals surface area contributed by atoms with Crippen LogP contribution in [0.2, 0.25) is 5.02 Å². The first-order valence-electron chi connectivity index (χ1n) is 4.51. The molecule has 0 spiro atoms. The van der Waals surface area contributed by atoms with E-state index in [1.54, 1.807) is 6.20 Å². The highest BCUT2D eigenvalue weighted by Gasteiger charge is 1.95. The van der Waals surface area contributed by atoms with E-state index in [-0.39, 0.29) is 0 Å². The Balaban J connectivity index is 2.06. The fourth-order valence-corrected chi connectivity index (χ4v) is 1.31. The third-order valence-corrected chi connectivity index (χ3v) is 2.02. The molecule has 0 aliphatic heterocycles. The van der Waals surface area contributed by atoms with Crippen molar-refractivity contribution in [1.82, 2.24) is 15.6 Å². The van der Waals surface area contributed by atoms with Crippen molar-refractivity contribution in [3.8, 4) is 0 Å². The maximum atomic E-state index is 5.75. The summed E-state index contributed by atoms with van der Waals surface area (Å²) in [7, 11) is 1.96. The van der Waals surface area contributed by atoms with E-state index < -0.39 is 0 Å². The van der Waals surface area contributed by atoms with E-state index in [0.717, 1.165) is 36.8 Å². The largest absolute Gasteiger partial charge is 0.363 e. The van der Waals surface area contributed by atoms with Crippen molar-refractivity contribution in [2.24, 2.45) is 0 Å². The molecule has 0 aromatic carbocycles. The van der Waals surface area contributed by atoms with E-state index in [4.69, 9.17) is 11.6 Å². The van der Waals surface area contributed by atoms with E-state index in [1.165, 1.54) is 0 Å². The molecular weight excluding hydrogens is 186 g/mol. The molecule has 0 radical (unpaired) electrons. The van der Waals surface area contributed by atoms with Crippen LogP contribution >= 0.6 is 11.6 Å². The van der Waals surface area contributed by atoms with Gasteiger partial charge in [0.1, 0.15) is 0 Å². The Morgan fingerprint density at radius 3 is 2.92 bits per heavy atom. The predicted octanol–water partition coefficient (Wildman–Crippen LogP) is 1.37. The van der Waals surface area contributed by atoms with Gasteiger partial charge in [-0.05, 0) is 32.6 Å². The number of H-pyrrole nitrogens is 1. The van der Waals surface area contributed by atoms with Crippen LogP contribution in [0.4, 0.5) is 0 Å². The molecule has 1 aromatic heterocycles. The average Bonchev–Trinajstić information content (AvgIpc) is 2.51. The molecule has 1 rings (SSSR count). The molecule has 0 unspecified atom stereocenters. The van der Waals surface area contributed by atoms with Gasteiger partial charge in [-0.25, -0.2) is 0 Å². The molecule has 0 amide bonds. The predicted molar refractivity (Wildman–Crippen MR) is 56.1 cm³/mol. The molecule has 4 heteroatoms. The molecule has 3 nitrogen and oxygen atoms in total. The van der Waals surface area contributed by atoms with Gasteiger partial charge in [-0.3, -0.25) is 0 Å². The highest BCUT2D eigenvalue weighted by Crippen LogP contribution is 2.08. The van der Waals surface area contributed by atoms with Crippen LogP contribution in [0.25, 0.3) is 0 Å². The van der Waals surface area contributed by atoms with Gasteiger partial charge in [0, 0.05) is 18.4 Å². The van der Waals surface area contributed by atoms with Crippen molar-refractivity contribution in [3.05, 3.63) is 23.0 Å². The Morgan fingerprint density at radius 1 is 1.46 bits per heavy atom. The van der Waals surface area contributed by atoms with Crippen molar-refractivity contribution >= 4 is 11.6 Å². The standard InChI is InChI=1S/C9H16ClN3/c1-11-3-2-4-12-7-9-5-8(10)6-13-9/h5-6,11-13H,2-4,7H2,1H3. The number of aromatic amines is 1. The molecule has 3 N–H and O–H groups in total. The second kappa shape index (κ2) is 6.02. The monoisotopic (exact) mass is 201 g/mol. The van der Waals surface area contributed by atoms with Crippen molar-refractivity contribution < 1.29 is 0 Å². The smallest absolute Gasteiger partial charge is 0.0583 e. The lowest BCUT2D eigenvalue weighted by molar-refractivity contribution is 0.620. The SMILES string of the molecule is CNCCCNCc1cc(Cl)c[nH]1. The van der Waals surface area contributed by atoms with Gasteiger partial charge < -0.3 is 15.6 Å². The first-order valence-corrected chi connectivity index (χ1v) is 4.89. The Bertz CT molecular complexity index is 235. The zero-order chi connectivity index (χ0) is 9.52. The third-order valence-electron chi connectivity index (χ3n) is 1.80. The summed E-state index contributed by atoms with van der Waals surface area (Å²) in [6.07, 6.45) is 2.94. The minimum Gasteiger partial charge on any atom is -0.363 e. The molecule has 0 bridgehead atoms. The summed E-state index contributed by atoms with van der Waals surface area (Å²) < 4.78 is 0. The minimum absolute atomic E-state index is 0.770. The number of hydrogen-bond donors (Lipinski definition) is 3. The molecule has 0 atom stereocenters. The summed E-state index contributed by atoms with van der Waals surface area (Å²) in [5, 5.41) is 7.19. The molecule has 0 saturated carbocycles. The molecule has 1 aromatic rings. The first kappa shape index (κ1) is 10.6. The molecule has 0 fully saturated rings. The second-order valence-corrected chi connectivity index (χ2v) is 3.41. The first-order chi connectivity index (χ1) is 6.33. The van der Waals surface area contributed by atoms with Crippen LogP contribution < -0.4 is 10.6 Å². The quantitative estimate of drug-likeness (QED) is 0.609. The summed E-state index contributed by atoms with van der Waals surface area (Å²) in [5.74, 6) is 0. The maximum Gasteiger partial charge on any atom is 0.0583 e. The lowest BCUT2D eigenvalue weighted by Crippen LogP contribution is -2.19. The number of hydrogen-bond acceptors (Lipinski definition) is 2. The van der Waals surface area contributed by atoms with Gasteiger partial charge >= 0.3 is 0 Å². The van der Waals surface area contributed by atoms with Crippen LogP contribution in [0.15, 0.2) is 12.3 Å². The van der Waals surface area contributed by atoms with Crippen molar-refractivity contribution in [3.63, 3.8) is 0 Å². The molecule has 1 heterocycles.